The zero-order valence-electron chi connectivity index (χ0n) is 14.5. The van der Waals surface area contributed by atoms with E-state index in [1.165, 1.54) is 0 Å². The number of aryl methyl sites for hydroxylation is 1. The standard InChI is InChI=1S/C16H30N4O/c1-12(2)20(8-9-21-7)15-17-10-14(13(3)19-15)11-18-16(4,5)6/h10,12,18H,8-9,11H2,1-7H3. The summed E-state index contributed by atoms with van der Waals surface area (Å²) in [4.78, 5) is 11.4. The monoisotopic (exact) mass is 294 g/mol. The molecule has 0 aliphatic heterocycles. The first-order valence-electron chi connectivity index (χ1n) is 7.57. The summed E-state index contributed by atoms with van der Waals surface area (Å²) in [6.45, 7) is 15.1. The second-order valence-electron chi connectivity index (χ2n) is 6.66. The van der Waals surface area contributed by atoms with Crippen molar-refractivity contribution in [3.8, 4) is 0 Å². The normalized spacial score (nSPS) is 12.0. The number of nitrogens with zero attached hydrogens (tertiary/aromatic N) is 3. The Kier molecular flexibility index (Phi) is 6.55. The topological polar surface area (TPSA) is 50.3 Å². The molecule has 0 amide bonds. The van der Waals surface area contributed by atoms with Gasteiger partial charge in [0, 0.05) is 49.2 Å². The number of methoxy groups -OCH3 is 1. The van der Waals surface area contributed by atoms with Gasteiger partial charge in [-0.15, -0.1) is 0 Å². The highest BCUT2D eigenvalue weighted by Crippen LogP contribution is 2.14. The van der Waals surface area contributed by atoms with Gasteiger partial charge in [-0.1, -0.05) is 0 Å². The van der Waals surface area contributed by atoms with E-state index in [0.29, 0.717) is 12.6 Å². The van der Waals surface area contributed by atoms with Gasteiger partial charge in [-0.3, -0.25) is 0 Å². The van der Waals surface area contributed by atoms with Crippen molar-refractivity contribution < 1.29 is 4.74 Å². The van der Waals surface area contributed by atoms with Crippen LogP contribution >= 0.6 is 0 Å². The third-order valence-corrected chi connectivity index (χ3v) is 3.29. The molecule has 0 atom stereocenters. The van der Waals surface area contributed by atoms with Gasteiger partial charge >= 0.3 is 0 Å². The van der Waals surface area contributed by atoms with Gasteiger partial charge in [-0.2, -0.15) is 0 Å². The average Bonchev–Trinajstić information content (AvgIpc) is 2.36. The first kappa shape index (κ1) is 17.9. The molecule has 0 saturated heterocycles. The summed E-state index contributed by atoms with van der Waals surface area (Å²) in [6.07, 6.45) is 1.93. The summed E-state index contributed by atoms with van der Waals surface area (Å²) < 4.78 is 5.17. The van der Waals surface area contributed by atoms with E-state index in [-0.39, 0.29) is 5.54 Å². The summed E-state index contributed by atoms with van der Waals surface area (Å²) >= 11 is 0. The number of ether oxygens (including phenoxy) is 1. The number of hydrogen-bond acceptors (Lipinski definition) is 5. The van der Waals surface area contributed by atoms with Gasteiger partial charge in [0.25, 0.3) is 0 Å². The highest BCUT2D eigenvalue weighted by atomic mass is 16.5. The van der Waals surface area contributed by atoms with Crippen LogP contribution in [0.5, 0.6) is 0 Å². The molecule has 1 heterocycles. The number of nitrogens with one attached hydrogen (secondary N) is 1. The highest BCUT2D eigenvalue weighted by molar-refractivity contribution is 5.34. The maximum absolute atomic E-state index is 5.17. The van der Waals surface area contributed by atoms with Gasteiger partial charge in [-0.25, -0.2) is 9.97 Å². The Bertz CT molecular complexity index is 440. The summed E-state index contributed by atoms with van der Waals surface area (Å²) in [5.41, 5.74) is 2.26. The fourth-order valence-electron chi connectivity index (χ4n) is 1.93. The van der Waals surface area contributed by atoms with Crippen LogP contribution in [0.3, 0.4) is 0 Å². The second-order valence-corrected chi connectivity index (χ2v) is 6.66. The lowest BCUT2D eigenvalue weighted by Gasteiger charge is -2.27. The van der Waals surface area contributed by atoms with E-state index in [2.05, 4.69) is 54.8 Å². The van der Waals surface area contributed by atoms with Crippen molar-refractivity contribution in [2.24, 2.45) is 0 Å². The van der Waals surface area contributed by atoms with E-state index in [9.17, 15) is 0 Å². The molecule has 1 aromatic heterocycles. The summed E-state index contributed by atoms with van der Waals surface area (Å²) in [6, 6.07) is 0.345. The minimum Gasteiger partial charge on any atom is -0.383 e. The summed E-state index contributed by atoms with van der Waals surface area (Å²) in [5.74, 6) is 0.777. The van der Waals surface area contributed by atoms with Crippen molar-refractivity contribution in [2.75, 3.05) is 25.2 Å². The third kappa shape index (κ3) is 5.98. The molecule has 1 rings (SSSR count). The maximum atomic E-state index is 5.17. The largest absolute Gasteiger partial charge is 0.383 e. The molecular weight excluding hydrogens is 264 g/mol. The zero-order chi connectivity index (χ0) is 16.0. The first-order valence-corrected chi connectivity index (χ1v) is 7.57. The molecule has 0 bridgehead atoms. The highest BCUT2D eigenvalue weighted by Gasteiger charge is 2.15. The SMILES string of the molecule is COCCN(c1ncc(CNC(C)(C)C)c(C)n1)C(C)C. The molecule has 0 aliphatic rings. The lowest BCUT2D eigenvalue weighted by molar-refractivity contribution is 0.203. The van der Waals surface area contributed by atoms with Crippen molar-refractivity contribution in [3.63, 3.8) is 0 Å². The van der Waals surface area contributed by atoms with Gasteiger partial charge < -0.3 is 15.0 Å². The molecule has 0 saturated carbocycles. The predicted molar refractivity (Wildman–Crippen MR) is 87.7 cm³/mol. The van der Waals surface area contributed by atoms with Crippen LogP contribution in [-0.4, -0.2) is 41.8 Å². The van der Waals surface area contributed by atoms with Crippen LogP contribution in [0, 0.1) is 6.92 Å². The van der Waals surface area contributed by atoms with E-state index in [1.807, 2.05) is 13.1 Å². The number of anilines is 1. The molecule has 0 aliphatic carbocycles. The first-order chi connectivity index (χ1) is 9.74. The zero-order valence-corrected chi connectivity index (χ0v) is 14.5. The van der Waals surface area contributed by atoms with Crippen molar-refractivity contribution in [1.82, 2.24) is 15.3 Å². The Morgan fingerprint density at radius 1 is 1.33 bits per heavy atom. The van der Waals surface area contributed by atoms with Crippen LogP contribution in [0.4, 0.5) is 5.95 Å². The molecule has 0 radical (unpaired) electrons. The lowest BCUT2D eigenvalue weighted by atomic mass is 10.1. The number of aromatic nitrogens is 2. The molecule has 0 unspecified atom stereocenters. The van der Waals surface area contributed by atoms with Gasteiger partial charge in [-0.05, 0) is 41.5 Å². The average molecular weight is 294 g/mol. The van der Waals surface area contributed by atoms with E-state index in [1.54, 1.807) is 7.11 Å². The molecule has 5 heteroatoms. The van der Waals surface area contributed by atoms with E-state index >= 15 is 0 Å². The second kappa shape index (κ2) is 7.71. The Morgan fingerprint density at radius 2 is 2.00 bits per heavy atom. The summed E-state index contributed by atoms with van der Waals surface area (Å²) in [5, 5.41) is 3.47. The molecule has 1 aromatic rings. The molecule has 5 nitrogen and oxygen atoms in total. The molecule has 1 N–H and O–H groups in total. The fourth-order valence-corrected chi connectivity index (χ4v) is 1.93. The van der Waals surface area contributed by atoms with E-state index in [4.69, 9.17) is 4.74 Å². The smallest absolute Gasteiger partial charge is 0.225 e. The van der Waals surface area contributed by atoms with Gasteiger partial charge in [0.15, 0.2) is 0 Å². The number of hydrogen-bond donors (Lipinski definition) is 1. The maximum Gasteiger partial charge on any atom is 0.225 e. The van der Waals surface area contributed by atoms with Crippen molar-refractivity contribution in [2.45, 2.75) is 59.7 Å². The van der Waals surface area contributed by atoms with Crippen LogP contribution in [0.25, 0.3) is 0 Å². The Labute approximate surface area is 129 Å². The van der Waals surface area contributed by atoms with Crippen LogP contribution < -0.4 is 10.2 Å². The molecule has 0 spiro atoms. The molecule has 0 aromatic carbocycles. The molecule has 120 valence electrons. The third-order valence-electron chi connectivity index (χ3n) is 3.29. The van der Waals surface area contributed by atoms with Gasteiger partial charge in [0.05, 0.1) is 6.61 Å². The lowest BCUT2D eigenvalue weighted by Crippen LogP contribution is -2.36. The van der Waals surface area contributed by atoms with Crippen LogP contribution in [-0.2, 0) is 11.3 Å². The van der Waals surface area contributed by atoms with E-state index < -0.39 is 0 Å². The van der Waals surface area contributed by atoms with Crippen molar-refractivity contribution in [1.29, 1.82) is 0 Å². The molecule has 0 fully saturated rings. The van der Waals surface area contributed by atoms with Crippen LogP contribution in [0.2, 0.25) is 0 Å². The summed E-state index contributed by atoms with van der Waals surface area (Å²) in [7, 11) is 1.71. The predicted octanol–water partition coefficient (Wildman–Crippen LogP) is 2.53. The van der Waals surface area contributed by atoms with Crippen LogP contribution in [0.1, 0.15) is 45.9 Å². The minimum atomic E-state index is 0.0908. The van der Waals surface area contributed by atoms with Gasteiger partial charge in [0.2, 0.25) is 5.95 Å². The Morgan fingerprint density at radius 3 is 2.48 bits per heavy atom. The Balaban J connectivity index is 2.84. The Hall–Kier alpha value is -1.20. The molecular formula is C16H30N4O. The van der Waals surface area contributed by atoms with E-state index in [0.717, 1.165) is 30.3 Å². The quantitative estimate of drug-likeness (QED) is 0.837. The van der Waals surface area contributed by atoms with Gasteiger partial charge in [0.1, 0.15) is 0 Å². The van der Waals surface area contributed by atoms with Crippen LogP contribution in [0.15, 0.2) is 6.20 Å². The number of rotatable bonds is 7. The van der Waals surface area contributed by atoms with Crippen molar-refractivity contribution >= 4 is 5.95 Å². The molecule has 21 heavy (non-hydrogen) atoms. The fraction of sp³-hybridized carbons (Fsp3) is 0.750. The minimum absolute atomic E-state index is 0.0908. The van der Waals surface area contributed by atoms with Crippen molar-refractivity contribution in [3.05, 3.63) is 17.5 Å².